The maximum Gasteiger partial charge on any atom is 0.309 e. The highest BCUT2D eigenvalue weighted by Crippen LogP contribution is 2.40. The molecule has 3 aliphatic rings. The zero-order chi connectivity index (χ0) is 18.8. The van der Waals surface area contributed by atoms with Gasteiger partial charge in [-0.05, 0) is 31.2 Å². The van der Waals surface area contributed by atoms with E-state index >= 15 is 0 Å². The first-order valence-electron chi connectivity index (χ1n) is 9.75. The summed E-state index contributed by atoms with van der Waals surface area (Å²) in [6.45, 7) is 0.215. The van der Waals surface area contributed by atoms with E-state index in [4.69, 9.17) is 4.74 Å². The molecule has 2 atom stereocenters. The number of Topliss-reactive ketones (excluding diaryl/α,β-unsaturated/α-hetero) is 1. The minimum Gasteiger partial charge on any atom is -0.455 e. The molecule has 1 amide bonds. The Hall–Kier alpha value is -2.50. The van der Waals surface area contributed by atoms with Gasteiger partial charge in [0.1, 0.15) is 5.78 Å². The summed E-state index contributed by atoms with van der Waals surface area (Å²) in [7, 11) is 0. The Bertz CT molecular complexity index is 758. The molecule has 27 heavy (non-hydrogen) atoms. The van der Waals surface area contributed by atoms with E-state index in [9.17, 15) is 14.4 Å². The second kappa shape index (κ2) is 7.62. The number of hydrazone groups is 1. The highest BCUT2D eigenvalue weighted by atomic mass is 16.5. The summed E-state index contributed by atoms with van der Waals surface area (Å²) >= 11 is 0. The topological polar surface area (TPSA) is 76.0 Å². The molecule has 2 fully saturated rings. The summed E-state index contributed by atoms with van der Waals surface area (Å²) < 4.78 is 5.29. The molecule has 0 N–H and O–H groups in total. The van der Waals surface area contributed by atoms with Crippen LogP contribution in [-0.4, -0.2) is 41.5 Å². The standard InChI is InChI=1S/C21H24N2O4/c24-19(23-10-9-18(22-23)14-5-2-1-3-6-14)13-27-21(26)17-11-15-7-4-8-16(12-17)20(15)25/h1-3,5-6,15-17H,4,7-13H2/t15-,16-/m0/s1. The van der Waals surface area contributed by atoms with E-state index < -0.39 is 0 Å². The molecule has 1 aromatic rings. The van der Waals surface area contributed by atoms with Gasteiger partial charge >= 0.3 is 5.97 Å². The normalized spacial score (nSPS) is 27.3. The van der Waals surface area contributed by atoms with Gasteiger partial charge in [0.2, 0.25) is 0 Å². The Labute approximate surface area is 158 Å². The Morgan fingerprint density at radius 3 is 2.52 bits per heavy atom. The van der Waals surface area contributed by atoms with Crippen LogP contribution in [-0.2, 0) is 19.1 Å². The van der Waals surface area contributed by atoms with Crippen molar-refractivity contribution >= 4 is 23.4 Å². The van der Waals surface area contributed by atoms with Gasteiger partial charge < -0.3 is 4.74 Å². The Balaban J connectivity index is 1.30. The summed E-state index contributed by atoms with van der Waals surface area (Å²) in [5.41, 5.74) is 1.87. The van der Waals surface area contributed by atoms with E-state index in [1.807, 2.05) is 30.3 Å². The maximum atomic E-state index is 12.4. The highest BCUT2D eigenvalue weighted by Gasteiger charge is 2.42. The minimum absolute atomic E-state index is 0.00219. The van der Waals surface area contributed by atoms with Crippen LogP contribution in [0.5, 0.6) is 0 Å². The van der Waals surface area contributed by atoms with Crippen LogP contribution in [0, 0.1) is 17.8 Å². The molecule has 1 heterocycles. The zero-order valence-electron chi connectivity index (χ0n) is 15.3. The third kappa shape index (κ3) is 3.80. The van der Waals surface area contributed by atoms with Gasteiger partial charge in [0.25, 0.3) is 5.91 Å². The predicted octanol–water partition coefficient (Wildman–Crippen LogP) is 2.56. The average molecular weight is 368 g/mol. The number of ketones is 1. The molecule has 2 bridgehead atoms. The zero-order valence-corrected chi connectivity index (χ0v) is 15.3. The molecule has 0 radical (unpaired) electrons. The molecule has 0 spiro atoms. The molecular weight excluding hydrogens is 344 g/mol. The van der Waals surface area contributed by atoms with Crippen LogP contribution in [0.1, 0.15) is 44.1 Å². The average Bonchev–Trinajstić information content (AvgIpc) is 3.16. The molecule has 2 aliphatic carbocycles. The summed E-state index contributed by atoms with van der Waals surface area (Å²) in [5.74, 6) is -0.584. The van der Waals surface area contributed by atoms with Crippen molar-refractivity contribution in [2.24, 2.45) is 22.9 Å². The fourth-order valence-electron chi connectivity index (χ4n) is 4.47. The number of hydrogen-bond acceptors (Lipinski definition) is 5. The van der Waals surface area contributed by atoms with E-state index in [-0.39, 0.29) is 36.2 Å². The van der Waals surface area contributed by atoms with Gasteiger partial charge in [0.15, 0.2) is 6.61 Å². The number of hydrogen-bond donors (Lipinski definition) is 0. The predicted molar refractivity (Wildman–Crippen MR) is 98.8 cm³/mol. The van der Waals surface area contributed by atoms with Crippen LogP contribution in [0.25, 0.3) is 0 Å². The molecule has 0 aromatic heterocycles. The second-order valence-corrected chi connectivity index (χ2v) is 7.68. The first-order chi connectivity index (χ1) is 13.1. The van der Waals surface area contributed by atoms with Crippen molar-refractivity contribution in [3.63, 3.8) is 0 Å². The number of benzene rings is 1. The molecule has 142 valence electrons. The first-order valence-corrected chi connectivity index (χ1v) is 9.75. The number of ether oxygens (including phenoxy) is 1. The van der Waals surface area contributed by atoms with E-state index in [0.29, 0.717) is 31.6 Å². The molecular formula is C21H24N2O4. The van der Waals surface area contributed by atoms with Gasteiger partial charge in [0.05, 0.1) is 18.2 Å². The third-order valence-electron chi connectivity index (χ3n) is 5.92. The Morgan fingerprint density at radius 1 is 1.11 bits per heavy atom. The highest BCUT2D eigenvalue weighted by molar-refractivity contribution is 6.02. The SMILES string of the molecule is O=C(OCC(=O)N1CCC(c2ccccc2)=N1)C1C[C@@H]2CCC[C@@H](C1)C2=O. The molecule has 0 saturated heterocycles. The maximum absolute atomic E-state index is 12.4. The van der Waals surface area contributed by atoms with Crippen molar-refractivity contribution in [3.05, 3.63) is 35.9 Å². The summed E-state index contributed by atoms with van der Waals surface area (Å²) in [4.78, 5) is 36.9. The number of esters is 1. The van der Waals surface area contributed by atoms with Crippen molar-refractivity contribution in [2.75, 3.05) is 13.2 Å². The van der Waals surface area contributed by atoms with Crippen molar-refractivity contribution in [2.45, 2.75) is 38.5 Å². The van der Waals surface area contributed by atoms with Crippen molar-refractivity contribution < 1.29 is 19.1 Å². The Morgan fingerprint density at radius 2 is 1.81 bits per heavy atom. The molecule has 4 rings (SSSR count). The fraction of sp³-hybridized carbons (Fsp3) is 0.524. The van der Waals surface area contributed by atoms with Crippen LogP contribution >= 0.6 is 0 Å². The van der Waals surface area contributed by atoms with Crippen LogP contribution < -0.4 is 0 Å². The number of rotatable bonds is 4. The van der Waals surface area contributed by atoms with E-state index in [1.165, 1.54) is 5.01 Å². The monoisotopic (exact) mass is 368 g/mol. The lowest BCUT2D eigenvalue weighted by Gasteiger charge is -2.36. The minimum atomic E-state index is -0.348. The third-order valence-corrected chi connectivity index (χ3v) is 5.92. The lowest BCUT2D eigenvalue weighted by molar-refractivity contribution is -0.158. The number of carbonyl (C=O) groups is 3. The molecule has 1 aromatic carbocycles. The Kier molecular flexibility index (Phi) is 5.05. The van der Waals surface area contributed by atoms with Crippen molar-refractivity contribution in [1.82, 2.24) is 5.01 Å². The fourth-order valence-corrected chi connectivity index (χ4v) is 4.47. The number of amides is 1. The van der Waals surface area contributed by atoms with Gasteiger partial charge in [0, 0.05) is 18.3 Å². The lowest BCUT2D eigenvalue weighted by atomic mass is 9.67. The molecule has 2 saturated carbocycles. The van der Waals surface area contributed by atoms with Crippen molar-refractivity contribution in [3.8, 4) is 0 Å². The number of fused-ring (bicyclic) bond motifs is 2. The summed E-state index contributed by atoms with van der Waals surface area (Å²) in [6, 6.07) is 9.75. The van der Waals surface area contributed by atoms with Gasteiger partial charge in [-0.1, -0.05) is 36.8 Å². The first kappa shape index (κ1) is 17.9. The quantitative estimate of drug-likeness (QED) is 0.766. The number of nitrogens with zero attached hydrogens (tertiary/aromatic N) is 2. The summed E-state index contributed by atoms with van der Waals surface area (Å²) in [5, 5.41) is 5.75. The van der Waals surface area contributed by atoms with Crippen molar-refractivity contribution in [1.29, 1.82) is 0 Å². The van der Waals surface area contributed by atoms with E-state index in [1.54, 1.807) is 0 Å². The van der Waals surface area contributed by atoms with Crippen LogP contribution in [0.2, 0.25) is 0 Å². The number of carbonyl (C=O) groups excluding carboxylic acids is 3. The van der Waals surface area contributed by atoms with Crippen LogP contribution in [0.15, 0.2) is 35.4 Å². The smallest absolute Gasteiger partial charge is 0.309 e. The van der Waals surface area contributed by atoms with Gasteiger partial charge in [-0.25, -0.2) is 5.01 Å². The van der Waals surface area contributed by atoms with Gasteiger partial charge in [-0.2, -0.15) is 5.10 Å². The van der Waals surface area contributed by atoms with Gasteiger partial charge in [-0.3, -0.25) is 14.4 Å². The van der Waals surface area contributed by atoms with Crippen LogP contribution in [0.3, 0.4) is 0 Å². The van der Waals surface area contributed by atoms with E-state index in [0.717, 1.165) is 30.5 Å². The molecule has 6 heteroatoms. The molecule has 6 nitrogen and oxygen atoms in total. The van der Waals surface area contributed by atoms with Gasteiger partial charge in [-0.15, -0.1) is 0 Å². The van der Waals surface area contributed by atoms with Crippen LogP contribution in [0.4, 0.5) is 0 Å². The summed E-state index contributed by atoms with van der Waals surface area (Å²) in [6.07, 6.45) is 4.66. The second-order valence-electron chi connectivity index (χ2n) is 7.68. The molecule has 0 unspecified atom stereocenters. The largest absolute Gasteiger partial charge is 0.455 e. The lowest BCUT2D eigenvalue weighted by Crippen LogP contribution is -2.40. The van der Waals surface area contributed by atoms with E-state index in [2.05, 4.69) is 5.10 Å². The molecule has 1 aliphatic heterocycles.